The largest absolute Gasteiger partial charge is 0.478 e. The van der Waals surface area contributed by atoms with Crippen LogP contribution in [0, 0.1) is 12.3 Å². The zero-order valence-electron chi connectivity index (χ0n) is 15.9. The van der Waals surface area contributed by atoms with Crippen LogP contribution in [0.15, 0.2) is 12.1 Å². The molecule has 2 heterocycles. The summed E-state index contributed by atoms with van der Waals surface area (Å²) < 4.78 is 0. The fourth-order valence-electron chi connectivity index (χ4n) is 3.90. The number of carboxylic acids is 1. The maximum Gasteiger partial charge on any atom is 0.337 e. The number of rotatable bonds is 4. The first-order valence-electron chi connectivity index (χ1n) is 8.70. The molecule has 0 amide bonds. The lowest BCUT2D eigenvalue weighted by molar-refractivity contribution is 0.0692. The molecule has 1 fully saturated rings. The summed E-state index contributed by atoms with van der Waals surface area (Å²) in [5.74, 6) is -0.0360. The smallest absolute Gasteiger partial charge is 0.337 e. The maximum atomic E-state index is 11.1. The van der Waals surface area contributed by atoms with Crippen LogP contribution < -0.4 is 4.90 Å². The van der Waals surface area contributed by atoms with E-state index in [4.69, 9.17) is 5.11 Å². The molecule has 1 N–H and O–H groups in total. The summed E-state index contributed by atoms with van der Waals surface area (Å²) in [7, 11) is 0. The van der Waals surface area contributed by atoms with Crippen LogP contribution in [0.2, 0.25) is 0 Å². The highest BCUT2D eigenvalue weighted by molar-refractivity contribution is 5.89. The van der Waals surface area contributed by atoms with E-state index < -0.39 is 5.97 Å². The van der Waals surface area contributed by atoms with Gasteiger partial charge in [-0.25, -0.2) is 9.78 Å². The van der Waals surface area contributed by atoms with Crippen LogP contribution in [0.1, 0.15) is 57.1 Å². The van der Waals surface area contributed by atoms with Crippen molar-refractivity contribution in [2.75, 3.05) is 31.1 Å². The van der Waals surface area contributed by atoms with E-state index in [1.165, 1.54) is 0 Å². The lowest BCUT2D eigenvalue weighted by atomic mass is 9.80. The molecule has 5 heteroatoms. The van der Waals surface area contributed by atoms with Gasteiger partial charge < -0.3 is 10.0 Å². The van der Waals surface area contributed by atoms with Crippen molar-refractivity contribution in [3.8, 4) is 0 Å². The Morgan fingerprint density at radius 2 is 1.71 bits per heavy atom. The Labute approximate surface area is 145 Å². The second kappa shape index (κ2) is 6.71. The molecule has 0 atom stereocenters. The minimum absolute atomic E-state index is 0.181. The van der Waals surface area contributed by atoms with Crippen molar-refractivity contribution in [3.63, 3.8) is 0 Å². The van der Waals surface area contributed by atoms with Crippen LogP contribution in [0.3, 0.4) is 0 Å². The van der Waals surface area contributed by atoms with Crippen molar-refractivity contribution < 1.29 is 9.90 Å². The summed E-state index contributed by atoms with van der Waals surface area (Å²) in [5, 5.41) is 9.12. The Kier molecular flexibility index (Phi) is 5.23. The Morgan fingerprint density at radius 3 is 2.17 bits per heavy atom. The van der Waals surface area contributed by atoms with Crippen LogP contribution in [-0.4, -0.2) is 52.7 Å². The second-order valence-electron chi connectivity index (χ2n) is 8.63. The molecule has 2 rings (SSSR count). The normalized spacial score (nSPS) is 17.2. The number of aryl methyl sites for hydroxylation is 1. The van der Waals surface area contributed by atoms with Crippen molar-refractivity contribution in [3.05, 3.63) is 23.4 Å². The molecular formula is C19H31N3O2. The highest BCUT2D eigenvalue weighted by atomic mass is 16.4. The summed E-state index contributed by atoms with van der Waals surface area (Å²) in [6.07, 6.45) is 1.16. The van der Waals surface area contributed by atoms with Crippen LogP contribution in [0.25, 0.3) is 0 Å². The number of hydrogen-bond acceptors (Lipinski definition) is 4. The van der Waals surface area contributed by atoms with Crippen molar-refractivity contribution in [1.29, 1.82) is 0 Å². The summed E-state index contributed by atoms with van der Waals surface area (Å²) in [6, 6.07) is 3.49. The molecule has 134 valence electrons. The Morgan fingerprint density at radius 1 is 1.12 bits per heavy atom. The van der Waals surface area contributed by atoms with Gasteiger partial charge in [0.2, 0.25) is 0 Å². The third kappa shape index (κ3) is 4.47. The number of aromatic nitrogens is 1. The lowest BCUT2D eigenvalue weighted by Gasteiger charge is -2.46. The maximum absolute atomic E-state index is 11.1. The minimum atomic E-state index is -0.916. The van der Waals surface area contributed by atoms with E-state index in [9.17, 15) is 4.79 Å². The van der Waals surface area contributed by atoms with Crippen LogP contribution >= 0.6 is 0 Å². The quantitative estimate of drug-likeness (QED) is 0.915. The Hall–Kier alpha value is -1.62. The standard InChI is InChI=1S/C19H31N3O2/c1-14-15(17(23)24)7-8-16(20-14)21-9-11-22(12-10-21)19(5,6)13-18(2,3)4/h7-8H,9-13H2,1-6H3,(H,23,24). The number of aromatic carboxylic acids is 1. The van der Waals surface area contributed by atoms with Gasteiger partial charge in [0.15, 0.2) is 0 Å². The predicted molar refractivity (Wildman–Crippen MR) is 97.9 cm³/mol. The fraction of sp³-hybridized carbons (Fsp3) is 0.684. The minimum Gasteiger partial charge on any atom is -0.478 e. The van der Waals surface area contributed by atoms with Crippen molar-refractivity contribution in [2.24, 2.45) is 5.41 Å². The van der Waals surface area contributed by atoms with Crippen molar-refractivity contribution in [2.45, 2.75) is 53.5 Å². The van der Waals surface area contributed by atoms with Crippen molar-refractivity contribution >= 4 is 11.8 Å². The first-order valence-corrected chi connectivity index (χ1v) is 8.70. The molecule has 1 aromatic rings. The monoisotopic (exact) mass is 333 g/mol. The van der Waals surface area contributed by atoms with Gasteiger partial charge in [-0.05, 0) is 44.7 Å². The van der Waals surface area contributed by atoms with E-state index in [-0.39, 0.29) is 11.1 Å². The molecule has 1 saturated heterocycles. The van der Waals surface area contributed by atoms with Gasteiger partial charge in [0.1, 0.15) is 5.82 Å². The summed E-state index contributed by atoms with van der Waals surface area (Å²) in [6.45, 7) is 17.2. The van der Waals surface area contributed by atoms with Gasteiger partial charge in [0.25, 0.3) is 0 Å². The van der Waals surface area contributed by atoms with E-state index in [2.05, 4.69) is 49.4 Å². The van der Waals surface area contributed by atoms with Crippen LogP contribution in [-0.2, 0) is 0 Å². The molecule has 24 heavy (non-hydrogen) atoms. The van der Waals surface area contributed by atoms with Gasteiger partial charge in [-0.1, -0.05) is 20.8 Å². The predicted octanol–water partition coefficient (Wildman–Crippen LogP) is 3.43. The zero-order valence-corrected chi connectivity index (χ0v) is 15.9. The molecule has 5 nitrogen and oxygen atoms in total. The zero-order chi connectivity index (χ0) is 18.1. The fourth-order valence-corrected chi connectivity index (χ4v) is 3.90. The highest BCUT2D eigenvalue weighted by Crippen LogP contribution is 2.32. The number of pyridine rings is 1. The van der Waals surface area contributed by atoms with Gasteiger partial charge >= 0.3 is 5.97 Å². The molecule has 1 aliphatic heterocycles. The first kappa shape index (κ1) is 18.7. The average molecular weight is 333 g/mol. The van der Waals surface area contributed by atoms with Gasteiger partial charge in [0, 0.05) is 31.7 Å². The number of piperazine rings is 1. The number of nitrogens with zero attached hydrogens (tertiary/aromatic N) is 3. The average Bonchev–Trinajstić information content (AvgIpc) is 2.44. The van der Waals surface area contributed by atoms with Crippen LogP contribution in [0.5, 0.6) is 0 Å². The SMILES string of the molecule is Cc1nc(N2CCN(C(C)(C)CC(C)(C)C)CC2)ccc1C(=O)O. The van der Waals surface area contributed by atoms with E-state index in [1.54, 1.807) is 13.0 Å². The van der Waals surface area contributed by atoms with E-state index in [1.807, 2.05) is 6.07 Å². The number of carbonyl (C=O) groups is 1. The molecule has 0 unspecified atom stereocenters. The summed E-state index contributed by atoms with van der Waals surface area (Å²) in [4.78, 5) is 20.4. The number of carboxylic acid groups (broad SMARTS) is 1. The van der Waals surface area contributed by atoms with Crippen LogP contribution in [0.4, 0.5) is 5.82 Å². The molecule has 0 spiro atoms. The number of hydrogen-bond donors (Lipinski definition) is 1. The lowest BCUT2D eigenvalue weighted by Crippen LogP contribution is -2.55. The van der Waals surface area contributed by atoms with E-state index in [0.717, 1.165) is 38.4 Å². The molecule has 0 radical (unpaired) electrons. The van der Waals surface area contributed by atoms with Crippen molar-refractivity contribution in [1.82, 2.24) is 9.88 Å². The van der Waals surface area contributed by atoms with Gasteiger partial charge in [-0.2, -0.15) is 0 Å². The van der Waals surface area contributed by atoms with E-state index in [0.29, 0.717) is 11.1 Å². The topological polar surface area (TPSA) is 56.7 Å². The molecule has 0 bridgehead atoms. The first-order chi connectivity index (χ1) is 11.0. The molecule has 1 aliphatic rings. The van der Waals surface area contributed by atoms with E-state index >= 15 is 0 Å². The summed E-state index contributed by atoms with van der Waals surface area (Å²) >= 11 is 0. The molecule has 0 aliphatic carbocycles. The third-order valence-electron chi connectivity index (χ3n) is 4.72. The molecule has 0 aromatic carbocycles. The van der Waals surface area contributed by atoms with Gasteiger partial charge in [-0.3, -0.25) is 4.90 Å². The molecular weight excluding hydrogens is 302 g/mol. The Balaban J connectivity index is 2.02. The Bertz CT molecular complexity index is 597. The molecule has 0 saturated carbocycles. The van der Waals surface area contributed by atoms with Gasteiger partial charge in [0.05, 0.1) is 11.3 Å². The second-order valence-corrected chi connectivity index (χ2v) is 8.63. The number of anilines is 1. The third-order valence-corrected chi connectivity index (χ3v) is 4.72. The van der Waals surface area contributed by atoms with Gasteiger partial charge in [-0.15, -0.1) is 0 Å². The highest BCUT2D eigenvalue weighted by Gasteiger charge is 2.33. The summed E-state index contributed by atoms with van der Waals surface area (Å²) in [5.41, 5.74) is 1.35. The molecule has 1 aromatic heterocycles.